The molecule has 1 rings (SSSR count). The minimum Gasteiger partial charge on any atom is -0.330 e. The average Bonchev–Trinajstić information content (AvgIpc) is 2.31. The second-order valence-corrected chi connectivity index (χ2v) is 6.69. The molecule has 0 saturated heterocycles. The topological polar surface area (TPSA) is 26.0 Å². The summed E-state index contributed by atoms with van der Waals surface area (Å²) in [6.45, 7) is 5.24. The van der Waals surface area contributed by atoms with Crippen LogP contribution in [0.5, 0.6) is 0 Å². The molecule has 0 aliphatic heterocycles. The van der Waals surface area contributed by atoms with Gasteiger partial charge in [-0.2, -0.15) is 11.8 Å². The minimum absolute atomic E-state index is 0.292. The van der Waals surface area contributed by atoms with Crippen molar-refractivity contribution in [3.63, 3.8) is 0 Å². The standard InChI is InChI=1S/C14H22ClNS/c1-14(2,11-16)8-3-9-17-10-12-4-6-13(15)7-5-12/h4-7H,3,8-11,16H2,1-2H3. The van der Waals surface area contributed by atoms with Crippen LogP contribution in [0.4, 0.5) is 0 Å². The summed E-state index contributed by atoms with van der Waals surface area (Å²) in [5, 5.41) is 0.809. The summed E-state index contributed by atoms with van der Waals surface area (Å²) in [5.41, 5.74) is 7.34. The Morgan fingerprint density at radius 2 is 1.88 bits per heavy atom. The van der Waals surface area contributed by atoms with Crippen LogP contribution in [-0.4, -0.2) is 12.3 Å². The first-order valence-electron chi connectivity index (χ1n) is 6.06. The maximum Gasteiger partial charge on any atom is 0.0406 e. The second kappa shape index (κ2) is 7.30. The number of rotatable bonds is 7. The van der Waals surface area contributed by atoms with Crippen LogP contribution in [0.1, 0.15) is 32.3 Å². The van der Waals surface area contributed by atoms with Crippen molar-refractivity contribution in [2.45, 2.75) is 32.4 Å². The van der Waals surface area contributed by atoms with Gasteiger partial charge < -0.3 is 5.73 Å². The lowest BCUT2D eigenvalue weighted by atomic mass is 9.88. The minimum atomic E-state index is 0.292. The van der Waals surface area contributed by atoms with Gasteiger partial charge in [0.05, 0.1) is 0 Å². The van der Waals surface area contributed by atoms with Gasteiger partial charge in [0.15, 0.2) is 0 Å². The predicted molar refractivity (Wildman–Crippen MR) is 79.7 cm³/mol. The number of thioether (sulfide) groups is 1. The maximum atomic E-state index is 5.84. The summed E-state index contributed by atoms with van der Waals surface area (Å²) < 4.78 is 0. The van der Waals surface area contributed by atoms with Gasteiger partial charge in [-0.3, -0.25) is 0 Å². The highest BCUT2D eigenvalue weighted by Crippen LogP contribution is 2.23. The number of hydrogen-bond acceptors (Lipinski definition) is 2. The monoisotopic (exact) mass is 271 g/mol. The molecule has 0 spiro atoms. The first-order valence-corrected chi connectivity index (χ1v) is 7.59. The molecule has 0 saturated carbocycles. The van der Waals surface area contributed by atoms with E-state index in [-0.39, 0.29) is 0 Å². The molecule has 0 heterocycles. The van der Waals surface area contributed by atoms with E-state index in [2.05, 4.69) is 26.0 Å². The van der Waals surface area contributed by atoms with Crippen LogP contribution >= 0.6 is 23.4 Å². The van der Waals surface area contributed by atoms with E-state index >= 15 is 0 Å². The molecule has 17 heavy (non-hydrogen) atoms. The van der Waals surface area contributed by atoms with Gasteiger partial charge in [0.1, 0.15) is 0 Å². The van der Waals surface area contributed by atoms with E-state index in [4.69, 9.17) is 17.3 Å². The Hall–Kier alpha value is -0.180. The van der Waals surface area contributed by atoms with Crippen LogP contribution in [0.3, 0.4) is 0 Å². The van der Waals surface area contributed by atoms with Crippen molar-refractivity contribution >= 4 is 23.4 Å². The van der Waals surface area contributed by atoms with Crippen LogP contribution in [-0.2, 0) is 5.75 Å². The molecule has 0 amide bonds. The van der Waals surface area contributed by atoms with Gasteiger partial charge >= 0.3 is 0 Å². The van der Waals surface area contributed by atoms with Gasteiger partial charge in [-0.1, -0.05) is 37.6 Å². The first-order chi connectivity index (χ1) is 8.03. The third kappa shape index (κ3) is 6.35. The highest BCUT2D eigenvalue weighted by Gasteiger charge is 2.14. The quantitative estimate of drug-likeness (QED) is 0.747. The first kappa shape index (κ1) is 14.9. The van der Waals surface area contributed by atoms with Gasteiger partial charge in [0.2, 0.25) is 0 Å². The summed E-state index contributed by atoms with van der Waals surface area (Å²) in [4.78, 5) is 0. The molecule has 3 heteroatoms. The van der Waals surface area contributed by atoms with Crippen LogP contribution in [0.25, 0.3) is 0 Å². The van der Waals surface area contributed by atoms with Crippen molar-refractivity contribution in [1.82, 2.24) is 0 Å². The van der Waals surface area contributed by atoms with Crippen LogP contribution < -0.4 is 5.73 Å². The van der Waals surface area contributed by atoms with Gasteiger partial charge in [0, 0.05) is 10.8 Å². The van der Waals surface area contributed by atoms with Crippen LogP contribution in [0.15, 0.2) is 24.3 Å². The zero-order chi connectivity index (χ0) is 12.7. The van der Waals surface area contributed by atoms with E-state index in [1.54, 1.807) is 0 Å². The second-order valence-electron chi connectivity index (χ2n) is 5.15. The SMILES string of the molecule is CC(C)(CN)CCCSCc1ccc(Cl)cc1. The van der Waals surface area contributed by atoms with Crippen molar-refractivity contribution in [2.75, 3.05) is 12.3 Å². The van der Waals surface area contributed by atoms with E-state index in [1.165, 1.54) is 24.2 Å². The van der Waals surface area contributed by atoms with Crippen molar-refractivity contribution in [1.29, 1.82) is 0 Å². The molecule has 96 valence electrons. The van der Waals surface area contributed by atoms with Crippen molar-refractivity contribution in [2.24, 2.45) is 11.1 Å². The van der Waals surface area contributed by atoms with Crippen molar-refractivity contribution in [3.05, 3.63) is 34.9 Å². The van der Waals surface area contributed by atoms with E-state index in [0.29, 0.717) is 5.41 Å². The van der Waals surface area contributed by atoms with Gasteiger partial charge in [0.25, 0.3) is 0 Å². The van der Waals surface area contributed by atoms with Crippen molar-refractivity contribution in [3.8, 4) is 0 Å². The summed E-state index contributed by atoms with van der Waals surface area (Å²) >= 11 is 7.82. The average molecular weight is 272 g/mol. The Morgan fingerprint density at radius 3 is 2.47 bits per heavy atom. The fourth-order valence-electron chi connectivity index (χ4n) is 1.53. The smallest absolute Gasteiger partial charge is 0.0406 e. The van der Waals surface area contributed by atoms with Gasteiger partial charge in [-0.15, -0.1) is 0 Å². The van der Waals surface area contributed by atoms with E-state index in [9.17, 15) is 0 Å². The zero-order valence-electron chi connectivity index (χ0n) is 10.7. The molecule has 1 aromatic carbocycles. The number of benzene rings is 1. The molecular weight excluding hydrogens is 250 g/mol. The molecular formula is C14H22ClNS. The Kier molecular flexibility index (Phi) is 6.39. The molecule has 0 unspecified atom stereocenters. The van der Waals surface area contributed by atoms with E-state index < -0.39 is 0 Å². The third-order valence-corrected chi connectivity index (χ3v) is 4.24. The highest BCUT2D eigenvalue weighted by atomic mass is 35.5. The summed E-state index contributed by atoms with van der Waals surface area (Å²) in [6.07, 6.45) is 2.44. The lowest BCUT2D eigenvalue weighted by molar-refractivity contribution is 0.345. The molecule has 0 aromatic heterocycles. The molecule has 1 nitrogen and oxygen atoms in total. The van der Waals surface area contributed by atoms with E-state index in [1.807, 2.05) is 23.9 Å². The number of halogens is 1. The molecule has 0 bridgehead atoms. The number of hydrogen-bond donors (Lipinski definition) is 1. The molecule has 0 atom stereocenters. The number of nitrogens with two attached hydrogens (primary N) is 1. The van der Waals surface area contributed by atoms with Gasteiger partial charge in [-0.05, 0) is 48.3 Å². The van der Waals surface area contributed by atoms with Crippen LogP contribution in [0, 0.1) is 5.41 Å². The summed E-state index contributed by atoms with van der Waals surface area (Å²) in [6, 6.07) is 8.10. The molecule has 1 aromatic rings. The fraction of sp³-hybridized carbons (Fsp3) is 0.571. The normalized spacial score (nSPS) is 11.8. The van der Waals surface area contributed by atoms with Crippen LogP contribution in [0.2, 0.25) is 5.02 Å². The molecule has 0 fully saturated rings. The Labute approximate surface area is 114 Å². The zero-order valence-corrected chi connectivity index (χ0v) is 12.3. The molecule has 0 radical (unpaired) electrons. The maximum absolute atomic E-state index is 5.84. The highest BCUT2D eigenvalue weighted by molar-refractivity contribution is 7.98. The largest absolute Gasteiger partial charge is 0.330 e. The van der Waals surface area contributed by atoms with Gasteiger partial charge in [-0.25, -0.2) is 0 Å². The summed E-state index contributed by atoms with van der Waals surface area (Å²) in [5.74, 6) is 2.27. The molecule has 0 aliphatic carbocycles. The Balaban J connectivity index is 2.14. The molecule has 0 aliphatic rings. The predicted octanol–water partition coefficient (Wildman–Crippen LogP) is 4.34. The third-order valence-electron chi connectivity index (χ3n) is 2.88. The fourth-order valence-corrected chi connectivity index (χ4v) is 2.57. The lowest BCUT2D eigenvalue weighted by Crippen LogP contribution is -2.23. The Morgan fingerprint density at radius 1 is 1.24 bits per heavy atom. The lowest BCUT2D eigenvalue weighted by Gasteiger charge is -2.21. The Bertz CT molecular complexity index is 321. The summed E-state index contributed by atoms with van der Waals surface area (Å²) in [7, 11) is 0. The molecule has 2 N–H and O–H groups in total. The van der Waals surface area contributed by atoms with Crippen molar-refractivity contribution < 1.29 is 0 Å². The van der Waals surface area contributed by atoms with E-state index in [0.717, 1.165) is 17.3 Å².